The van der Waals surface area contributed by atoms with E-state index in [2.05, 4.69) is 4.98 Å². The molecule has 0 aliphatic heterocycles. The normalized spacial score (nSPS) is 10.3. The molecule has 0 aromatic carbocycles. The summed E-state index contributed by atoms with van der Waals surface area (Å²) in [6, 6.07) is 1.22. The molecule has 0 N–H and O–H groups in total. The smallest absolute Gasteiger partial charge is 0.280 e. The monoisotopic (exact) mass is 171 g/mol. The van der Waals surface area contributed by atoms with Crippen LogP contribution in [0.2, 0.25) is 0 Å². The first-order chi connectivity index (χ1) is 5.65. The van der Waals surface area contributed by atoms with Crippen LogP contribution in [0.5, 0.6) is 0 Å². The summed E-state index contributed by atoms with van der Waals surface area (Å²) in [5.74, 6) is 0. The van der Waals surface area contributed by atoms with Gasteiger partial charge in [-0.1, -0.05) is 0 Å². The molecule has 0 bridgehead atoms. The fraction of sp³-hybridized carbons (Fsp3) is 0.250. The van der Waals surface area contributed by atoms with Crippen molar-refractivity contribution in [2.75, 3.05) is 0 Å². The molecule has 0 aliphatic carbocycles. The molecule has 0 unspecified atom stereocenters. The summed E-state index contributed by atoms with van der Waals surface area (Å²) in [6.07, 6.45) is -0.828. The van der Waals surface area contributed by atoms with E-state index < -0.39 is 6.43 Å². The number of carbonyl (C=O) groups is 1. The van der Waals surface area contributed by atoms with Gasteiger partial charge in [-0.15, -0.1) is 0 Å². The Balaban J connectivity index is 3.10. The molecule has 0 aliphatic rings. The standard InChI is InChI=1S/C8H7F2NO/c1-5-2-7(8(9)10)11-3-6(5)4-12/h2-4,8H,1H3. The van der Waals surface area contributed by atoms with Gasteiger partial charge < -0.3 is 0 Å². The highest BCUT2D eigenvalue weighted by atomic mass is 19.3. The molecule has 0 radical (unpaired) electrons. The summed E-state index contributed by atoms with van der Waals surface area (Å²) in [6.45, 7) is 1.59. The molecular weight excluding hydrogens is 164 g/mol. The first-order valence-corrected chi connectivity index (χ1v) is 3.35. The van der Waals surface area contributed by atoms with Crippen molar-refractivity contribution < 1.29 is 13.6 Å². The van der Waals surface area contributed by atoms with Crippen molar-refractivity contribution in [3.05, 3.63) is 29.1 Å². The van der Waals surface area contributed by atoms with Gasteiger partial charge in [-0.2, -0.15) is 0 Å². The fourth-order valence-electron chi connectivity index (χ4n) is 0.831. The highest BCUT2D eigenvalue weighted by Gasteiger charge is 2.09. The number of pyridine rings is 1. The predicted octanol–water partition coefficient (Wildman–Crippen LogP) is 2.14. The van der Waals surface area contributed by atoms with Crippen LogP contribution in [0.3, 0.4) is 0 Å². The second-order valence-electron chi connectivity index (χ2n) is 2.38. The van der Waals surface area contributed by atoms with Crippen LogP contribution in [0.1, 0.15) is 28.0 Å². The number of aryl methyl sites for hydroxylation is 1. The second kappa shape index (κ2) is 3.38. The van der Waals surface area contributed by atoms with Crippen LogP contribution in [0, 0.1) is 6.92 Å². The zero-order chi connectivity index (χ0) is 9.14. The maximum atomic E-state index is 12.0. The van der Waals surface area contributed by atoms with Crippen LogP contribution in [0.25, 0.3) is 0 Å². The lowest BCUT2D eigenvalue weighted by Gasteiger charge is -2.01. The van der Waals surface area contributed by atoms with E-state index in [4.69, 9.17) is 0 Å². The molecule has 64 valence electrons. The number of alkyl halides is 2. The van der Waals surface area contributed by atoms with Crippen LogP contribution >= 0.6 is 0 Å². The predicted molar refractivity (Wildman–Crippen MR) is 39.3 cm³/mol. The number of nitrogens with zero attached hydrogens (tertiary/aromatic N) is 1. The van der Waals surface area contributed by atoms with Crippen LogP contribution in [-0.4, -0.2) is 11.3 Å². The summed E-state index contributed by atoms with van der Waals surface area (Å²) in [7, 11) is 0. The highest BCUT2D eigenvalue weighted by Crippen LogP contribution is 2.17. The van der Waals surface area contributed by atoms with Crippen molar-refractivity contribution in [3.8, 4) is 0 Å². The Morgan fingerprint density at radius 2 is 2.25 bits per heavy atom. The van der Waals surface area contributed by atoms with Crippen molar-refractivity contribution in [2.24, 2.45) is 0 Å². The van der Waals surface area contributed by atoms with E-state index in [1.807, 2.05) is 0 Å². The molecule has 1 aromatic rings. The molecule has 2 nitrogen and oxygen atoms in total. The van der Waals surface area contributed by atoms with Gasteiger partial charge >= 0.3 is 0 Å². The Kier molecular flexibility index (Phi) is 2.47. The summed E-state index contributed by atoms with van der Waals surface area (Å²) in [4.78, 5) is 13.7. The number of halogens is 2. The van der Waals surface area contributed by atoms with E-state index in [9.17, 15) is 13.6 Å². The third-order valence-corrected chi connectivity index (χ3v) is 1.52. The Bertz CT molecular complexity index is 299. The number of carbonyl (C=O) groups excluding carboxylic acids is 1. The van der Waals surface area contributed by atoms with E-state index in [0.29, 0.717) is 17.4 Å². The third-order valence-electron chi connectivity index (χ3n) is 1.52. The number of rotatable bonds is 2. The lowest BCUT2D eigenvalue weighted by Crippen LogP contribution is -1.94. The summed E-state index contributed by atoms with van der Waals surface area (Å²) in [5, 5.41) is 0. The Labute approximate surface area is 68.2 Å². The Hall–Kier alpha value is -1.32. The molecule has 0 amide bonds. The van der Waals surface area contributed by atoms with Gasteiger partial charge in [0.2, 0.25) is 0 Å². The zero-order valence-electron chi connectivity index (χ0n) is 6.42. The molecule has 0 fully saturated rings. The Morgan fingerprint density at radius 3 is 2.67 bits per heavy atom. The molecule has 1 heterocycles. The third kappa shape index (κ3) is 1.64. The number of hydrogen-bond donors (Lipinski definition) is 0. The molecule has 1 aromatic heterocycles. The number of aromatic nitrogens is 1. The lowest BCUT2D eigenvalue weighted by atomic mass is 10.1. The van der Waals surface area contributed by atoms with Gasteiger partial charge in [0, 0.05) is 11.8 Å². The summed E-state index contributed by atoms with van der Waals surface area (Å²) in [5.41, 5.74) is 0.577. The Morgan fingerprint density at radius 1 is 1.58 bits per heavy atom. The van der Waals surface area contributed by atoms with E-state index in [-0.39, 0.29) is 5.69 Å². The van der Waals surface area contributed by atoms with Gasteiger partial charge in [0.15, 0.2) is 6.29 Å². The minimum absolute atomic E-state index is 0.293. The molecule has 0 spiro atoms. The van der Waals surface area contributed by atoms with E-state index in [1.165, 1.54) is 6.07 Å². The van der Waals surface area contributed by atoms with Crippen LogP contribution in [0.4, 0.5) is 8.78 Å². The number of aldehydes is 1. The minimum Gasteiger partial charge on any atom is -0.298 e. The van der Waals surface area contributed by atoms with E-state index in [1.54, 1.807) is 6.92 Å². The van der Waals surface area contributed by atoms with E-state index >= 15 is 0 Å². The largest absolute Gasteiger partial charge is 0.298 e. The SMILES string of the molecule is Cc1cc(C(F)F)ncc1C=O. The van der Waals surface area contributed by atoms with Crippen LogP contribution < -0.4 is 0 Å². The van der Waals surface area contributed by atoms with Crippen molar-refractivity contribution in [3.63, 3.8) is 0 Å². The zero-order valence-corrected chi connectivity index (χ0v) is 6.42. The van der Waals surface area contributed by atoms with Crippen LogP contribution in [0.15, 0.2) is 12.3 Å². The quantitative estimate of drug-likeness (QED) is 0.638. The average Bonchev–Trinajstić information content (AvgIpc) is 2.04. The fourth-order valence-corrected chi connectivity index (χ4v) is 0.831. The highest BCUT2D eigenvalue weighted by molar-refractivity contribution is 5.76. The summed E-state index contributed by atoms with van der Waals surface area (Å²) >= 11 is 0. The first kappa shape index (κ1) is 8.77. The van der Waals surface area contributed by atoms with Gasteiger partial charge in [0.1, 0.15) is 5.69 Å². The minimum atomic E-state index is -2.58. The average molecular weight is 171 g/mol. The number of hydrogen-bond acceptors (Lipinski definition) is 2. The first-order valence-electron chi connectivity index (χ1n) is 3.35. The van der Waals surface area contributed by atoms with Gasteiger partial charge in [0.05, 0.1) is 0 Å². The second-order valence-corrected chi connectivity index (χ2v) is 2.38. The molecule has 0 saturated carbocycles. The summed E-state index contributed by atoms with van der Waals surface area (Å²) < 4.78 is 24.1. The lowest BCUT2D eigenvalue weighted by molar-refractivity contribution is 0.112. The maximum Gasteiger partial charge on any atom is 0.280 e. The molecule has 12 heavy (non-hydrogen) atoms. The molecule has 0 saturated heterocycles. The van der Waals surface area contributed by atoms with Gasteiger partial charge in [-0.25, -0.2) is 8.78 Å². The van der Waals surface area contributed by atoms with Crippen molar-refractivity contribution in [1.29, 1.82) is 0 Å². The van der Waals surface area contributed by atoms with Gasteiger partial charge in [-0.3, -0.25) is 9.78 Å². The van der Waals surface area contributed by atoms with E-state index in [0.717, 1.165) is 6.20 Å². The van der Waals surface area contributed by atoms with Crippen molar-refractivity contribution in [1.82, 2.24) is 4.98 Å². The molecule has 1 rings (SSSR count). The molecule has 0 atom stereocenters. The molecule has 4 heteroatoms. The van der Waals surface area contributed by atoms with Crippen molar-refractivity contribution in [2.45, 2.75) is 13.3 Å². The van der Waals surface area contributed by atoms with Crippen molar-refractivity contribution >= 4 is 6.29 Å². The van der Waals surface area contributed by atoms with Gasteiger partial charge in [-0.05, 0) is 18.6 Å². The topological polar surface area (TPSA) is 30.0 Å². The molecular formula is C8H7F2NO. The van der Waals surface area contributed by atoms with Crippen LogP contribution in [-0.2, 0) is 0 Å². The van der Waals surface area contributed by atoms with Gasteiger partial charge in [0.25, 0.3) is 6.43 Å². The maximum absolute atomic E-state index is 12.0.